The third-order valence-electron chi connectivity index (χ3n) is 4.32. The van der Waals surface area contributed by atoms with Crippen LogP contribution in [0.1, 0.15) is 21.7 Å². The molecule has 9 heteroatoms. The Hall–Kier alpha value is -3.13. The fourth-order valence-corrected chi connectivity index (χ4v) is 3.05. The standard InChI is InChI=1S/C19H18ClN3O5/c1-11-15(16-17(28-11)21-10-22(2)18(16)25)19(26)23(9-14(24)27-3)8-12-6-4-5-7-13(12)20/h4-7,10H,8-9H2,1-3H3. The molecule has 8 nitrogen and oxygen atoms in total. The minimum atomic E-state index is -0.600. The van der Waals surface area contributed by atoms with Crippen molar-refractivity contribution < 1.29 is 18.7 Å². The number of methoxy groups -OCH3 is 1. The molecule has 0 bridgehead atoms. The van der Waals surface area contributed by atoms with Gasteiger partial charge in [0.1, 0.15) is 24.0 Å². The minimum Gasteiger partial charge on any atom is -0.468 e. The van der Waals surface area contributed by atoms with Gasteiger partial charge in [-0.15, -0.1) is 0 Å². The Balaban J connectivity index is 2.09. The van der Waals surface area contributed by atoms with E-state index in [2.05, 4.69) is 4.98 Å². The lowest BCUT2D eigenvalue weighted by Crippen LogP contribution is -2.36. The summed E-state index contributed by atoms with van der Waals surface area (Å²) in [6.07, 6.45) is 1.32. The molecule has 0 aliphatic heterocycles. The van der Waals surface area contributed by atoms with Crippen molar-refractivity contribution in [3.63, 3.8) is 0 Å². The van der Waals surface area contributed by atoms with Crippen LogP contribution in [0.25, 0.3) is 11.1 Å². The summed E-state index contributed by atoms with van der Waals surface area (Å²) in [4.78, 5) is 43.1. The smallest absolute Gasteiger partial charge is 0.325 e. The highest BCUT2D eigenvalue weighted by Gasteiger charge is 2.28. The van der Waals surface area contributed by atoms with Crippen molar-refractivity contribution >= 4 is 34.6 Å². The number of hydrogen-bond donors (Lipinski definition) is 0. The summed E-state index contributed by atoms with van der Waals surface area (Å²) in [5.41, 5.74) is 0.373. The highest BCUT2D eigenvalue weighted by Crippen LogP contribution is 2.24. The molecule has 3 aromatic rings. The Morgan fingerprint density at radius 1 is 1.32 bits per heavy atom. The van der Waals surface area contributed by atoms with Crippen LogP contribution in [0.5, 0.6) is 0 Å². The second-order valence-corrected chi connectivity index (χ2v) is 6.61. The maximum absolute atomic E-state index is 13.3. The lowest BCUT2D eigenvalue weighted by molar-refractivity contribution is -0.141. The summed E-state index contributed by atoms with van der Waals surface area (Å²) in [7, 11) is 2.76. The Morgan fingerprint density at radius 2 is 2.04 bits per heavy atom. The van der Waals surface area contributed by atoms with E-state index in [0.717, 1.165) is 0 Å². The van der Waals surface area contributed by atoms with E-state index in [0.29, 0.717) is 10.6 Å². The number of hydrogen-bond acceptors (Lipinski definition) is 6. The highest BCUT2D eigenvalue weighted by molar-refractivity contribution is 6.31. The zero-order valence-corrected chi connectivity index (χ0v) is 16.3. The Kier molecular flexibility index (Phi) is 5.51. The van der Waals surface area contributed by atoms with E-state index < -0.39 is 17.4 Å². The maximum atomic E-state index is 13.3. The molecular formula is C19H18ClN3O5. The number of aromatic nitrogens is 2. The first-order valence-corrected chi connectivity index (χ1v) is 8.75. The topological polar surface area (TPSA) is 94.6 Å². The van der Waals surface area contributed by atoms with Gasteiger partial charge in [-0.3, -0.25) is 14.4 Å². The molecule has 1 amide bonds. The summed E-state index contributed by atoms with van der Waals surface area (Å²) in [5.74, 6) is -0.909. The number of nitrogens with zero attached hydrogens (tertiary/aromatic N) is 3. The van der Waals surface area contributed by atoms with Gasteiger partial charge in [-0.05, 0) is 18.6 Å². The number of rotatable bonds is 5. The van der Waals surface area contributed by atoms with E-state index in [4.69, 9.17) is 20.8 Å². The molecule has 2 heterocycles. The first-order chi connectivity index (χ1) is 13.3. The third kappa shape index (κ3) is 3.63. The second-order valence-electron chi connectivity index (χ2n) is 6.20. The summed E-state index contributed by atoms with van der Waals surface area (Å²) in [5, 5.41) is 0.526. The normalized spacial score (nSPS) is 10.9. The number of ether oxygens (including phenoxy) is 1. The molecule has 3 rings (SSSR count). The molecule has 28 heavy (non-hydrogen) atoms. The summed E-state index contributed by atoms with van der Waals surface area (Å²) in [6.45, 7) is 1.31. The van der Waals surface area contributed by atoms with Gasteiger partial charge in [0.15, 0.2) is 0 Å². The second kappa shape index (κ2) is 7.85. The Morgan fingerprint density at radius 3 is 2.71 bits per heavy atom. The van der Waals surface area contributed by atoms with Crippen LogP contribution in [0.3, 0.4) is 0 Å². The molecule has 0 unspecified atom stereocenters. The molecule has 2 aromatic heterocycles. The number of halogens is 1. The number of esters is 1. The van der Waals surface area contributed by atoms with E-state index in [-0.39, 0.29) is 35.5 Å². The zero-order chi connectivity index (χ0) is 20.4. The molecule has 0 aliphatic carbocycles. The van der Waals surface area contributed by atoms with E-state index in [1.165, 1.54) is 30.0 Å². The minimum absolute atomic E-state index is 0.0559. The summed E-state index contributed by atoms with van der Waals surface area (Å²) < 4.78 is 11.5. The number of carbonyl (C=O) groups is 2. The number of fused-ring (bicyclic) bond motifs is 1. The van der Waals surface area contributed by atoms with Crippen molar-refractivity contribution in [1.29, 1.82) is 0 Å². The van der Waals surface area contributed by atoms with Crippen LogP contribution in [0.15, 0.2) is 39.8 Å². The lowest BCUT2D eigenvalue weighted by Gasteiger charge is -2.22. The van der Waals surface area contributed by atoms with E-state index in [9.17, 15) is 14.4 Å². The van der Waals surface area contributed by atoms with Crippen LogP contribution in [0.2, 0.25) is 5.02 Å². The van der Waals surface area contributed by atoms with Crippen LogP contribution >= 0.6 is 11.6 Å². The van der Waals surface area contributed by atoms with Gasteiger partial charge < -0.3 is 18.6 Å². The third-order valence-corrected chi connectivity index (χ3v) is 4.68. The van der Waals surface area contributed by atoms with Gasteiger partial charge in [0.2, 0.25) is 5.71 Å². The van der Waals surface area contributed by atoms with Gasteiger partial charge in [-0.25, -0.2) is 4.98 Å². The van der Waals surface area contributed by atoms with Crippen molar-refractivity contribution in [2.45, 2.75) is 13.5 Å². The van der Waals surface area contributed by atoms with Crippen LogP contribution in [0, 0.1) is 6.92 Å². The molecule has 1 aromatic carbocycles. The van der Waals surface area contributed by atoms with Crippen molar-refractivity contribution in [2.75, 3.05) is 13.7 Å². The van der Waals surface area contributed by atoms with Gasteiger partial charge in [0, 0.05) is 18.6 Å². The average Bonchev–Trinajstić information content (AvgIpc) is 3.01. The molecule has 0 radical (unpaired) electrons. The quantitative estimate of drug-likeness (QED) is 0.607. The van der Waals surface area contributed by atoms with Crippen LogP contribution in [-0.4, -0.2) is 40.0 Å². The van der Waals surface area contributed by atoms with Crippen molar-refractivity contribution in [3.8, 4) is 0 Å². The largest absolute Gasteiger partial charge is 0.468 e. The van der Waals surface area contributed by atoms with Crippen molar-refractivity contribution in [1.82, 2.24) is 14.5 Å². The summed E-state index contributed by atoms with van der Waals surface area (Å²) >= 11 is 6.20. The number of furan rings is 1. The molecule has 0 saturated heterocycles. The van der Waals surface area contributed by atoms with E-state index >= 15 is 0 Å². The van der Waals surface area contributed by atoms with Gasteiger partial charge in [0.25, 0.3) is 11.5 Å². The fraction of sp³-hybridized carbons (Fsp3) is 0.263. The number of amides is 1. The highest BCUT2D eigenvalue weighted by atomic mass is 35.5. The lowest BCUT2D eigenvalue weighted by atomic mass is 10.1. The Labute approximate surface area is 165 Å². The Bertz CT molecular complexity index is 1120. The van der Waals surface area contributed by atoms with Gasteiger partial charge >= 0.3 is 5.97 Å². The fourth-order valence-electron chi connectivity index (χ4n) is 2.85. The van der Waals surface area contributed by atoms with E-state index in [1.807, 2.05) is 0 Å². The van der Waals surface area contributed by atoms with Gasteiger partial charge in [-0.2, -0.15) is 0 Å². The van der Waals surface area contributed by atoms with Crippen molar-refractivity contribution in [2.24, 2.45) is 7.05 Å². The van der Waals surface area contributed by atoms with Gasteiger partial charge in [-0.1, -0.05) is 29.8 Å². The van der Waals surface area contributed by atoms with Crippen LogP contribution in [0.4, 0.5) is 0 Å². The zero-order valence-electron chi connectivity index (χ0n) is 15.6. The first-order valence-electron chi connectivity index (χ1n) is 8.37. The molecule has 0 atom stereocenters. The summed E-state index contributed by atoms with van der Waals surface area (Å²) in [6, 6.07) is 6.98. The first kappa shape index (κ1) is 19.6. The van der Waals surface area contributed by atoms with Gasteiger partial charge in [0.05, 0.1) is 12.7 Å². The molecule has 0 fully saturated rings. The van der Waals surface area contributed by atoms with Crippen LogP contribution in [-0.2, 0) is 23.1 Å². The molecule has 0 saturated carbocycles. The number of carbonyl (C=O) groups excluding carboxylic acids is 2. The molecular weight excluding hydrogens is 386 g/mol. The molecule has 146 valence electrons. The van der Waals surface area contributed by atoms with E-state index in [1.54, 1.807) is 31.2 Å². The van der Waals surface area contributed by atoms with Crippen LogP contribution < -0.4 is 5.56 Å². The SMILES string of the molecule is COC(=O)CN(Cc1ccccc1Cl)C(=O)c1c(C)oc2ncn(C)c(=O)c12. The average molecular weight is 404 g/mol. The predicted molar refractivity (Wildman–Crippen MR) is 102 cm³/mol. The molecule has 0 aliphatic rings. The predicted octanol–water partition coefficient (Wildman–Crippen LogP) is 2.30. The monoisotopic (exact) mass is 403 g/mol. The number of benzene rings is 1. The molecule has 0 spiro atoms. The maximum Gasteiger partial charge on any atom is 0.325 e. The molecule has 0 N–H and O–H groups in total. The number of aryl methyl sites for hydroxylation is 2. The van der Waals surface area contributed by atoms with Crippen molar-refractivity contribution in [3.05, 3.63) is 62.9 Å².